The van der Waals surface area contributed by atoms with Gasteiger partial charge in [0.25, 0.3) is 0 Å². The fourth-order valence-electron chi connectivity index (χ4n) is 3.61. The SMILES string of the molecule is CCOC(=O)C(C(=O)OCC)C1(O)CCN2CCCCC21. The van der Waals surface area contributed by atoms with E-state index in [2.05, 4.69) is 4.90 Å². The lowest BCUT2D eigenvalue weighted by atomic mass is 9.78. The Morgan fingerprint density at radius 1 is 1.19 bits per heavy atom. The van der Waals surface area contributed by atoms with Crippen molar-refractivity contribution in [1.29, 1.82) is 0 Å². The topological polar surface area (TPSA) is 76.1 Å². The minimum atomic E-state index is -1.38. The first kappa shape index (κ1) is 16.2. The van der Waals surface area contributed by atoms with Gasteiger partial charge in [0.15, 0.2) is 5.92 Å². The summed E-state index contributed by atoms with van der Waals surface area (Å²) in [7, 11) is 0. The standard InChI is InChI=1S/C15H25NO5/c1-3-20-13(17)12(14(18)21-4-2)15(19)8-10-16-9-6-5-7-11(15)16/h11-12,19H,3-10H2,1-2H3. The van der Waals surface area contributed by atoms with Crippen LogP contribution < -0.4 is 0 Å². The van der Waals surface area contributed by atoms with Gasteiger partial charge in [-0.1, -0.05) is 6.42 Å². The maximum Gasteiger partial charge on any atom is 0.323 e. The van der Waals surface area contributed by atoms with Gasteiger partial charge in [-0.3, -0.25) is 14.5 Å². The first-order chi connectivity index (χ1) is 10.0. The van der Waals surface area contributed by atoms with Crippen molar-refractivity contribution < 1.29 is 24.2 Å². The third-order valence-electron chi connectivity index (χ3n) is 4.53. The highest BCUT2D eigenvalue weighted by Crippen LogP contribution is 2.41. The van der Waals surface area contributed by atoms with Crippen LogP contribution in [-0.2, 0) is 19.1 Å². The zero-order chi connectivity index (χ0) is 15.5. The van der Waals surface area contributed by atoms with Crippen LogP contribution in [-0.4, -0.2) is 59.9 Å². The Balaban J connectivity index is 2.25. The molecule has 120 valence electrons. The molecular weight excluding hydrogens is 274 g/mol. The molecule has 0 aromatic heterocycles. The van der Waals surface area contributed by atoms with Crippen LogP contribution in [0.5, 0.6) is 0 Å². The van der Waals surface area contributed by atoms with E-state index in [0.717, 1.165) is 25.8 Å². The molecule has 0 spiro atoms. The fraction of sp³-hybridized carbons (Fsp3) is 0.867. The molecule has 0 amide bonds. The Bertz CT molecular complexity index is 382. The summed E-state index contributed by atoms with van der Waals surface area (Å²) in [5.74, 6) is -2.60. The monoisotopic (exact) mass is 299 g/mol. The van der Waals surface area contributed by atoms with E-state index in [9.17, 15) is 14.7 Å². The number of aliphatic hydroxyl groups is 1. The number of hydrogen-bond donors (Lipinski definition) is 1. The van der Waals surface area contributed by atoms with Gasteiger partial charge in [0.1, 0.15) is 5.60 Å². The average molecular weight is 299 g/mol. The predicted molar refractivity (Wildman–Crippen MR) is 75.5 cm³/mol. The predicted octanol–water partition coefficient (Wildman–Crippen LogP) is 0.718. The molecule has 0 saturated carbocycles. The molecule has 2 fully saturated rings. The van der Waals surface area contributed by atoms with E-state index in [-0.39, 0.29) is 19.3 Å². The average Bonchev–Trinajstić information content (AvgIpc) is 2.78. The summed E-state index contributed by atoms with van der Waals surface area (Å²) in [6, 6.07) is -0.162. The molecule has 6 heteroatoms. The highest BCUT2D eigenvalue weighted by Gasteiger charge is 2.57. The van der Waals surface area contributed by atoms with E-state index in [1.807, 2.05) is 0 Å². The quantitative estimate of drug-likeness (QED) is 0.595. The van der Waals surface area contributed by atoms with Gasteiger partial charge in [0.05, 0.1) is 13.2 Å². The van der Waals surface area contributed by atoms with Crippen LogP contribution in [0.2, 0.25) is 0 Å². The Labute approximate surface area is 125 Å². The Hall–Kier alpha value is -1.14. The lowest BCUT2D eigenvalue weighted by Crippen LogP contribution is -2.56. The van der Waals surface area contributed by atoms with Crippen molar-refractivity contribution in [3.05, 3.63) is 0 Å². The molecule has 0 radical (unpaired) electrons. The number of carbonyl (C=O) groups excluding carboxylic acids is 2. The minimum absolute atomic E-state index is 0.162. The number of esters is 2. The second kappa shape index (κ2) is 6.75. The van der Waals surface area contributed by atoms with Crippen molar-refractivity contribution in [2.45, 2.75) is 51.2 Å². The number of carbonyl (C=O) groups is 2. The first-order valence-corrected chi connectivity index (χ1v) is 7.84. The second-order valence-electron chi connectivity index (χ2n) is 5.73. The van der Waals surface area contributed by atoms with E-state index in [1.54, 1.807) is 13.8 Å². The van der Waals surface area contributed by atoms with Crippen molar-refractivity contribution in [2.75, 3.05) is 26.3 Å². The van der Waals surface area contributed by atoms with Crippen molar-refractivity contribution >= 4 is 11.9 Å². The number of ether oxygens (including phenoxy) is 2. The summed E-state index contributed by atoms with van der Waals surface area (Å²) in [5, 5.41) is 11.1. The molecule has 2 atom stereocenters. The van der Waals surface area contributed by atoms with Gasteiger partial charge in [-0.15, -0.1) is 0 Å². The van der Waals surface area contributed by atoms with Gasteiger partial charge in [-0.25, -0.2) is 0 Å². The normalized spacial score (nSPS) is 29.2. The zero-order valence-corrected chi connectivity index (χ0v) is 12.8. The lowest BCUT2D eigenvalue weighted by Gasteiger charge is -2.39. The summed E-state index contributed by atoms with van der Waals surface area (Å²) in [6.45, 7) is 5.34. The zero-order valence-electron chi connectivity index (χ0n) is 12.8. The highest BCUT2D eigenvalue weighted by atomic mass is 16.6. The third-order valence-corrected chi connectivity index (χ3v) is 4.53. The van der Waals surface area contributed by atoms with Crippen LogP contribution in [0, 0.1) is 5.92 Å². The first-order valence-electron chi connectivity index (χ1n) is 7.84. The third kappa shape index (κ3) is 3.06. The Kier molecular flexibility index (Phi) is 5.22. The summed E-state index contributed by atoms with van der Waals surface area (Å²) in [6.07, 6.45) is 3.30. The molecule has 2 heterocycles. The largest absolute Gasteiger partial charge is 0.465 e. The van der Waals surface area contributed by atoms with Gasteiger partial charge in [-0.2, -0.15) is 0 Å². The molecule has 0 aromatic carbocycles. The highest BCUT2D eigenvalue weighted by molar-refractivity contribution is 5.96. The van der Waals surface area contributed by atoms with Crippen molar-refractivity contribution in [2.24, 2.45) is 5.92 Å². The maximum absolute atomic E-state index is 12.2. The molecule has 0 aliphatic carbocycles. The van der Waals surface area contributed by atoms with Crippen LogP contribution in [0.15, 0.2) is 0 Å². The summed E-state index contributed by atoms with van der Waals surface area (Å²) >= 11 is 0. The van der Waals surface area contributed by atoms with Crippen LogP contribution >= 0.6 is 0 Å². The molecule has 0 bridgehead atoms. The maximum atomic E-state index is 12.2. The number of nitrogens with zero attached hydrogens (tertiary/aromatic N) is 1. The van der Waals surface area contributed by atoms with Gasteiger partial charge in [-0.05, 0) is 39.7 Å². The summed E-state index contributed by atoms with van der Waals surface area (Å²) < 4.78 is 10.0. The fourth-order valence-corrected chi connectivity index (χ4v) is 3.61. The molecule has 0 aromatic rings. The van der Waals surface area contributed by atoms with Crippen LogP contribution in [0.3, 0.4) is 0 Å². The van der Waals surface area contributed by atoms with Crippen molar-refractivity contribution in [3.8, 4) is 0 Å². The van der Waals surface area contributed by atoms with E-state index in [0.29, 0.717) is 13.0 Å². The van der Waals surface area contributed by atoms with E-state index < -0.39 is 23.5 Å². The Morgan fingerprint density at radius 2 is 1.81 bits per heavy atom. The molecule has 2 rings (SSSR count). The van der Waals surface area contributed by atoms with E-state index >= 15 is 0 Å². The molecular formula is C15H25NO5. The molecule has 1 N–H and O–H groups in total. The van der Waals surface area contributed by atoms with E-state index in [1.165, 1.54) is 0 Å². The van der Waals surface area contributed by atoms with Gasteiger partial charge >= 0.3 is 11.9 Å². The summed E-state index contributed by atoms with van der Waals surface area (Å²) in [5.41, 5.74) is -1.38. The molecule has 2 aliphatic rings. The lowest BCUT2D eigenvalue weighted by molar-refractivity contribution is -0.177. The molecule has 2 unspecified atom stereocenters. The molecule has 2 aliphatic heterocycles. The van der Waals surface area contributed by atoms with E-state index in [4.69, 9.17) is 9.47 Å². The summed E-state index contributed by atoms with van der Waals surface area (Å²) in [4.78, 5) is 26.6. The number of rotatable bonds is 5. The molecule has 2 saturated heterocycles. The Morgan fingerprint density at radius 3 is 2.38 bits per heavy atom. The van der Waals surface area contributed by atoms with Crippen molar-refractivity contribution in [3.63, 3.8) is 0 Å². The van der Waals surface area contributed by atoms with Crippen LogP contribution in [0.1, 0.15) is 39.5 Å². The number of fused-ring (bicyclic) bond motifs is 1. The van der Waals surface area contributed by atoms with Crippen LogP contribution in [0.25, 0.3) is 0 Å². The van der Waals surface area contributed by atoms with Gasteiger partial charge in [0.2, 0.25) is 0 Å². The molecule has 21 heavy (non-hydrogen) atoms. The van der Waals surface area contributed by atoms with Gasteiger partial charge < -0.3 is 14.6 Å². The van der Waals surface area contributed by atoms with Gasteiger partial charge in [0, 0.05) is 12.6 Å². The van der Waals surface area contributed by atoms with Crippen molar-refractivity contribution in [1.82, 2.24) is 4.90 Å². The minimum Gasteiger partial charge on any atom is -0.465 e. The molecule has 6 nitrogen and oxygen atoms in total. The number of piperidine rings is 1. The number of hydrogen-bond acceptors (Lipinski definition) is 6. The van der Waals surface area contributed by atoms with Crippen LogP contribution in [0.4, 0.5) is 0 Å². The smallest absolute Gasteiger partial charge is 0.323 e. The second-order valence-corrected chi connectivity index (χ2v) is 5.73.